The second-order valence-electron chi connectivity index (χ2n) is 2.44. The highest BCUT2D eigenvalue weighted by atomic mass is 16.5. The molecule has 0 rings (SSSR count). The van der Waals surface area contributed by atoms with Crippen LogP contribution in [0.15, 0.2) is 24.3 Å². The van der Waals surface area contributed by atoms with Gasteiger partial charge in [-0.15, -0.1) is 6.58 Å². The Morgan fingerprint density at radius 1 is 1.54 bits per heavy atom. The molecule has 0 aliphatic rings. The first-order valence-electron chi connectivity index (χ1n) is 3.65. The van der Waals surface area contributed by atoms with Crippen molar-refractivity contribution in [1.29, 1.82) is 0 Å². The average molecular weight is 184 g/mol. The van der Waals surface area contributed by atoms with Crippen molar-refractivity contribution in [1.82, 2.24) is 0 Å². The number of hydrogen-bond donors (Lipinski definition) is 1. The third-order valence-electron chi connectivity index (χ3n) is 1.49. The second-order valence-corrected chi connectivity index (χ2v) is 2.44. The minimum Gasteiger partial charge on any atom is -0.478 e. The number of hydrogen-bond acceptors (Lipinski definition) is 3. The Morgan fingerprint density at radius 2 is 2.08 bits per heavy atom. The lowest BCUT2D eigenvalue weighted by molar-refractivity contribution is -0.142. The van der Waals surface area contributed by atoms with Crippen molar-refractivity contribution in [2.75, 3.05) is 7.11 Å². The van der Waals surface area contributed by atoms with Gasteiger partial charge in [0.15, 0.2) is 0 Å². The molecule has 4 nitrogen and oxygen atoms in total. The number of carboxylic acid groups (broad SMARTS) is 1. The van der Waals surface area contributed by atoms with Crippen molar-refractivity contribution in [3.63, 3.8) is 0 Å². The van der Waals surface area contributed by atoms with Crippen LogP contribution in [0.25, 0.3) is 0 Å². The fourth-order valence-electron chi connectivity index (χ4n) is 0.709. The molecule has 0 aromatic carbocycles. The number of rotatable bonds is 4. The molecule has 13 heavy (non-hydrogen) atoms. The maximum atomic E-state index is 11.0. The molecule has 0 saturated carbocycles. The Kier molecular flexibility index (Phi) is 4.51. The molecule has 0 radical (unpaired) electrons. The molecule has 1 N–H and O–H groups in total. The second kappa shape index (κ2) is 5.13. The van der Waals surface area contributed by atoms with Gasteiger partial charge >= 0.3 is 11.9 Å². The van der Waals surface area contributed by atoms with Crippen molar-refractivity contribution in [3.8, 4) is 0 Å². The summed E-state index contributed by atoms with van der Waals surface area (Å²) in [5, 5.41) is 8.53. The van der Waals surface area contributed by atoms with Gasteiger partial charge in [0.05, 0.1) is 13.0 Å². The number of ether oxygens (including phenoxy) is 1. The summed E-state index contributed by atoms with van der Waals surface area (Å²) in [4.78, 5) is 21.4. The standard InChI is InChI=1S/C9H12O4/c1-4-7(9(12)13-3)5-6(2)8(10)11/h4-5,7H,1H2,2-3H3,(H,10,11). The van der Waals surface area contributed by atoms with E-state index in [1.54, 1.807) is 0 Å². The van der Waals surface area contributed by atoms with Gasteiger partial charge in [0.1, 0.15) is 0 Å². The summed E-state index contributed by atoms with van der Waals surface area (Å²) in [5.41, 5.74) is 0.0929. The lowest BCUT2D eigenvalue weighted by Crippen LogP contribution is -2.12. The van der Waals surface area contributed by atoms with Crippen molar-refractivity contribution in [2.24, 2.45) is 5.92 Å². The molecule has 4 heteroatoms. The summed E-state index contributed by atoms with van der Waals surface area (Å²) in [5.74, 6) is -2.27. The molecule has 0 amide bonds. The molecule has 0 heterocycles. The highest BCUT2D eigenvalue weighted by Crippen LogP contribution is 2.06. The van der Waals surface area contributed by atoms with Gasteiger partial charge in [-0.1, -0.05) is 12.2 Å². The van der Waals surface area contributed by atoms with E-state index in [4.69, 9.17) is 5.11 Å². The van der Waals surface area contributed by atoms with Crippen LogP contribution in [0.3, 0.4) is 0 Å². The minimum absolute atomic E-state index is 0.0929. The van der Waals surface area contributed by atoms with Gasteiger partial charge < -0.3 is 9.84 Å². The topological polar surface area (TPSA) is 63.6 Å². The lowest BCUT2D eigenvalue weighted by Gasteiger charge is -2.04. The zero-order valence-corrected chi connectivity index (χ0v) is 7.61. The fourth-order valence-corrected chi connectivity index (χ4v) is 0.709. The van der Waals surface area contributed by atoms with Gasteiger partial charge in [-0.25, -0.2) is 4.79 Å². The Bertz CT molecular complexity index is 252. The molecule has 0 fully saturated rings. The predicted molar refractivity (Wildman–Crippen MR) is 47.1 cm³/mol. The molecule has 0 aliphatic heterocycles. The highest BCUT2D eigenvalue weighted by Gasteiger charge is 2.13. The first-order valence-corrected chi connectivity index (χ1v) is 3.65. The molecular weight excluding hydrogens is 172 g/mol. The van der Waals surface area contributed by atoms with Crippen LogP contribution in [-0.4, -0.2) is 24.2 Å². The Hall–Kier alpha value is -1.58. The van der Waals surface area contributed by atoms with Gasteiger partial charge in [-0.2, -0.15) is 0 Å². The van der Waals surface area contributed by atoms with Crippen molar-refractivity contribution in [2.45, 2.75) is 6.92 Å². The number of esters is 1. The first kappa shape index (κ1) is 11.4. The molecule has 72 valence electrons. The Balaban J connectivity index is 4.62. The van der Waals surface area contributed by atoms with Gasteiger partial charge in [-0.05, 0) is 6.92 Å². The van der Waals surface area contributed by atoms with Crippen LogP contribution in [-0.2, 0) is 14.3 Å². The largest absolute Gasteiger partial charge is 0.478 e. The van der Waals surface area contributed by atoms with Gasteiger partial charge in [-0.3, -0.25) is 4.79 Å². The fraction of sp³-hybridized carbons (Fsp3) is 0.333. The molecule has 0 bridgehead atoms. The number of carbonyl (C=O) groups excluding carboxylic acids is 1. The normalized spacial score (nSPS) is 13.2. The number of carbonyl (C=O) groups is 2. The first-order chi connectivity index (χ1) is 6.02. The molecule has 0 aliphatic carbocycles. The molecule has 0 aromatic heterocycles. The Labute approximate surface area is 76.5 Å². The smallest absolute Gasteiger partial charge is 0.330 e. The maximum absolute atomic E-state index is 11.0. The van der Waals surface area contributed by atoms with E-state index in [2.05, 4.69) is 11.3 Å². The summed E-state index contributed by atoms with van der Waals surface area (Å²) in [6.45, 7) is 4.81. The van der Waals surface area contributed by atoms with E-state index in [9.17, 15) is 9.59 Å². The zero-order valence-electron chi connectivity index (χ0n) is 7.61. The summed E-state index contributed by atoms with van der Waals surface area (Å²) in [6.07, 6.45) is 2.62. The van der Waals surface area contributed by atoms with Crippen LogP contribution in [0.5, 0.6) is 0 Å². The van der Waals surface area contributed by atoms with Crippen LogP contribution in [0.1, 0.15) is 6.92 Å². The zero-order chi connectivity index (χ0) is 10.4. The number of methoxy groups -OCH3 is 1. The third-order valence-corrected chi connectivity index (χ3v) is 1.49. The number of carboxylic acids is 1. The third kappa shape index (κ3) is 3.55. The SMILES string of the molecule is C=CC(C=C(C)C(=O)O)C(=O)OC. The minimum atomic E-state index is -1.06. The van der Waals surface area contributed by atoms with E-state index >= 15 is 0 Å². The maximum Gasteiger partial charge on any atom is 0.330 e. The monoisotopic (exact) mass is 184 g/mol. The molecular formula is C9H12O4. The quantitative estimate of drug-likeness (QED) is 0.402. The average Bonchev–Trinajstić information content (AvgIpc) is 2.12. The molecule has 1 unspecified atom stereocenters. The summed E-state index contributed by atoms with van der Waals surface area (Å²) < 4.78 is 4.44. The molecule has 0 spiro atoms. The van der Waals surface area contributed by atoms with E-state index in [1.165, 1.54) is 26.2 Å². The van der Waals surface area contributed by atoms with E-state index in [0.717, 1.165) is 0 Å². The summed E-state index contributed by atoms with van der Waals surface area (Å²) in [7, 11) is 1.24. The van der Waals surface area contributed by atoms with Crippen LogP contribution in [0.4, 0.5) is 0 Å². The Morgan fingerprint density at radius 3 is 2.38 bits per heavy atom. The van der Waals surface area contributed by atoms with E-state index in [0.29, 0.717) is 0 Å². The van der Waals surface area contributed by atoms with E-state index in [-0.39, 0.29) is 5.57 Å². The molecule has 0 saturated heterocycles. The number of aliphatic carboxylic acids is 1. The van der Waals surface area contributed by atoms with E-state index in [1.807, 2.05) is 0 Å². The van der Waals surface area contributed by atoms with Gasteiger partial charge in [0, 0.05) is 5.57 Å². The van der Waals surface area contributed by atoms with Gasteiger partial charge in [0.25, 0.3) is 0 Å². The van der Waals surface area contributed by atoms with Crippen LogP contribution < -0.4 is 0 Å². The summed E-state index contributed by atoms with van der Waals surface area (Å²) >= 11 is 0. The lowest BCUT2D eigenvalue weighted by atomic mass is 10.1. The highest BCUT2D eigenvalue weighted by molar-refractivity contribution is 5.87. The van der Waals surface area contributed by atoms with Crippen molar-refractivity contribution >= 4 is 11.9 Å². The molecule has 0 aromatic rings. The van der Waals surface area contributed by atoms with Crippen LogP contribution >= 0.6 is 0 Å². The van der Waals surface area contributed by atoms with Crippen LogP contribution in [0.2, 0.25) is 0 Å². The van der Waals surface area contributed by atoms with Crippen molar-refractivity contribution in [3.05, 3.63) is 24.3 Å². The summed E-state index contributed by atoms with van der Waals surface area (Å²) in [6, 6.07) is 0. The van der Waals surface area contributed by atoms with Gasteiger partial charge in [0.2, 0.25) is 0 Å². The molecule has 1 atom stereocenters. The van der Waals surface area contributed by atoms with E-state index < -0.39 is 17.9 Å². The predicted octanol–water partition coefficient (Wildman–Crippen LogP) is 0.992. The van der Waals surface area contributed by atoms with Crippen molar-refractivity contribution < 1.29 is 19.4 Å². The van der Waals surface area contributed by atoms with Crippen LogP contribution in [0, 0.1) is 5.92 Å².